The summed E-state index contributed by atoms with van der Waals surface area (Å²) in [5.74, 6) is 0. The van der Waals surface area contributed by atoms with Crippen LogP contribution in [0.15, 0.2) is 24.3 Å². The zero-order valence-electron chi connectivity index (χ0n) is 13.3. The summed E-state index contributed by atoms with van der Waals surface area (Å²) < 4.78 is 5.10. The van der Waals surface area contributed by atoms with Crippen molar-refractivity contribution in [3.63, 3.8) is 0 Å². The molecule has 0 bridgehead atoms. The minimum absolute atomic E-state index is 0.0411. The number of nitrogens with one attached hydrogen (secondary N) is 1. The molecule has 118 valence electrons. The number of urea groups is 1. The van der Waals surface area contributed by atoms with Gasteiger partial charge in [-0.1, -0.05) is 24.3 Å². The Kier molecular flexibility index (Phi) is 7.19. The molecule has 0 aliphatic carbocycles. The van der Waals surface area contributed by atoms with E-state index in [1.165, 1.54) is 0 Å². The molecule has 0 heterocycles. The van der Waals surface area contributed by atoms with Crippen LogP contribution in [0.2, 0.25) is 0 Å². The minimum atomic E-state index is -0.539. The lowest BCUT2D eigenvalue weighted by Gasteiger charge is -2.28. The Hall–Kier alpha value is -1.59. The largest absolute Gasteiger partial charge is 0.392 e. The van der Waals surface area contributed by atoms with E-state index in [2.05, 4.69) is 5.32 Å². The standard InChI is InChI=1S/C16H26N2O3/c1-12(2)18(10-13(3)19)16(20)17-9-14-6-5-7-15(8-14)11-21-4/h5-8,12-13,19H,9-11H2,1-4H3,(H,17,20). The van der Waals surface area contributed by atoms with Crippen molar-refractivity contribution in [2.75, 3.05) is 13.7 Å². The number of hydrogen-bond donors (Lipinski definition) is 2. The maximum absolute atomic E-state index is 12.2. The Morgan fingerprint density at radius 1 is 1.33 bits per heavy atom. The van der Waals surface area contributed by atoms with Crippen LogP contribution in [0.5, 0.6) is 0 Å². The minimum Gasteiger partial charge on any atom is -0.392 e. The van der Waals surface area contributed by atoms with Crippen molar-refractivity contribution in [3.05, 3.63) is 35.4 Å². The van der Waals surface area contributed by atoms with E-state index in [9.17, 15) is 9.90 Å². The first-order chi connectivity index (χ1) is 9.93. The van der Waals surface area contributed by atoms with Gasteiger partial charge in [0, 0.05) is 26.2 Å². The molecule has 1 aromatic rings. The monoisotopic (exact) mass is 294 g/mol. The first-order valence-electron chi connectivity index (χ1n) is 7.23. The predicted octanol–water partition coefficient (Wildman–Crippen LogP) is 2.13. The van der Waals surface area contributed by atoms with Crippen LogP contribution in [0.1, 0.15) is 31.9 Å². The van der Waals surface area contributed by atoms with E-state index in [0.717, 1.165) is 11.1 Å². The molecule has 0 aromatic heterocycles. The summed E-state index contributed by atoms with van der Waals surface area (Å²) in [6.45, 7) is 6.88. The van der Waals surface area contributed by atoms with Crippen LogP contribution in [-0.4, -0.2) is 41.8 Å². The molecule has 5 heteroatoms. The lowest BCUT2D eigenvalue weighted by Crippen LogP contribution is -2.46. The molecule has 0 saturated heterocycles. The average Bonchev–Trinajstić information content (AvgIpc) is 2.42. The Bertz CT molecular complexity index is 447. The van der Waals surface area contributed by atoms with Crippen LogP contribution in [-0.2, 0) is 17.9 Å². The smallest absolute Gasteiger partial charge is 0.317 e. The third-order valence-electron chi connectivity index (χ3n) is 3.09. The molecule has 0 fully saturated rings. The number of benzene rings is 1. The van der Waals surface area contributed by atoms with Gasteiger partial charge in [-0.15, -0.1) is 0 Å². The lowest BCUT2D eigenvalue weighted by molar-refractivity contribution is 0.118. The molecular weight excluding hydrogens is 268 g/mol. The van der Waals surface area contributed by atoms with Gasteiger partial charge in [0.15, 0.2) is 0 Å². The Labute approximate surface area is 126 Å². The van der Waals surface area contributed by atoms with Gasteiger partial charge in [0.1, 0.15) is 0 Å². The Morgan fingerprint density at radius 3 is 2.57 bits per heavy atom. The van der Waals surface area contributed by atoms with Gasteiger partial charge in [-0.25, -0.2) is 4.79 Å². The Balaban J connectivity index is 2.60. The van der Waals surface area contributed by atoms with E-state index in [1.54, 1.807) is 18.9 Å². The van der Waals surface area contributed by atoms with Crippen molar-refractivity contribution < 1.29 is 14.6 Å². The zero-order valence-corrected chi connectivity index (χ0v) is 13.3. The Morgan fingerprint density at radius 2 is 2.00 bits per heavy atom. The highest BCUT2D eigenvalue weighted by Gasteiger charge is 2.18. The number of methoxy groups -OCH3 is 1. The fourth-order valence-corrected chi connectivity index (χ4v) is 2.09. The van der Waals surface area contributed by atoms with Crippen LogP contribution < -0.4 is 5.32 Å². The van der Waals surface area contributed by atoms with Crippen molar-refractivity contribution in [3.8, 4) is 0 Å². The highest BCUT2D eigenvalue weighted by molar-refractivity contribution is 5.74. The summed E-state index contributed by atoms with van der Waals surface area (Å²) in [6, 6.07) is 7.79. The summed E-state index contributed by atoms with van der Waals surface area (Å²) >= 11 is 0. The topological polar surface area (TPSA) is 61.8 Å². The number of carbonyl (C=O) groups is 1. The first-order valence-corrected chi connectivity index (χ1v) is 7.23. The van der Waals surface area contributed by atoms with Crippen molar-refractivity contribution >= 4 is 6.03 Å². The summed E-state index contributed by atoms with van der Waals surface area (Å²) in [5.41, 5.74) is 2.10. The maximum atomic E-state index is 12.2. The molecule has 2 amide bonds. The number of rotatable bonds is 7. The molecule has 1 aromatic carbocycles. The van der Waals surface area contributed by atoms with Crippen molar-refractivity contribution in [1.29, 1.82) is 0 Å². The van der Waals surface area contributed by atoms with Crippen LogP contribution in [0, 0.1) is 0 Å². The van der Waals surface area contributed by atoms with Crippen LogP contribution in [0.4, 0.5) is 4.79 Å². The molecular formula is C16H26N2O3. The van der Waals surface area contributed by atoms with E-state index in [1.807, 2.05) is 38.1 Å². The lowest BCUT2D eigenvalue weighted by atomic mass is 10.1. The van der Waals surface area contributed by atoms with E-state index >= 15 is 0 Å². The first kappa shape index (κ1) is 17.5. The quantitative estimate of drug-likeness (QED) is 0.810. The second-order valence-corrected chi connectivity index (χ2v) is 5.51. The van der Waals surface area contributed by atoms with Crippen molar-refractivity contribution in [1.82, 2.24) is 10.2 Å². The summed E-state index contributed by atoms with van der Waals surface area (Å²) in [5, 5.41) is 12.4. The van der Waals surface area contributed by atoms with Gasteiger partial charge in [0.05, 0.1) is 12.7 Å². The van der Waals surface area contributed by atoms with Gasteiger partial charge in [-0.2, -0.15) is 0 Å². The number of amides is 2. The molecule has 21 heavy (non-hydrogen) atoms. The predicted molar refractivity (Wildman–Crippen MR) is 82.9 cm³/mol. The molecule has 0 aliphatic heterocycles. The molecule has 1 atom stereocenters. The van der Waals surface area contributed by atoms with Gasteiger partial charge < -0.3 is 20.1 Å². The highest BCUT2D eigenvalue weighted by atomic mass is 16.5. The molecule has 0 saturated carbocycles. The summed E-state index contributed by atoms with van der Waals surface area (Å²) in [4.78, 5) is 13.8. The highest BCUT2D eigenvalue weighted by Crippen LogP contribution is 2.07. The van der Waals surface area contributed by atoms with E-state index < -0.39 is 6.10 Å². The molecule has 1 unspecified atom stereocenters. The second-order valence-electron chi connectivity index (χ2n) is 5.51. The SMILES string of the molecule is COCc1cccc(CNC(=O)N(CC(C)O)C(C)C)c1. The van der Waals surface area contributed by atoms with Gasteiger partial charge in [-0.05, 0) is 31.9 Å². The van der Waals surface area contributed by atoms with Gasteiger partial charge in [0.2, 0.25) is 0 Å². The van der Waals surface area contributed by atoms with Gasteiger partial charge >= 0.3 is 6.03 Å². The number of ether oxygens (including phenoxy) is 1. The van der Waals surface area contributed by atoms with Crippen molar-refractivity contribution in [2.24, 2.45) is 0 Å². The van der Waals surface area contributed by atoms with Crippen LogP contribution >= 0.6 is 0 Å². The van der Waals surface area contributed by atoms with Gasteiger partial charge in [-0.3, -0.25) is 0 Å². The zero-order chi connectivity index (χ0) is 15.8. The van der Waals surface area contributed by atoms with E-state index in [-0.39, 0.29) is 12.1 Å². The number of carbonyl (C=O) groups excluding carboxylic acids is 1. The molecule has 0 radical (unpaired) electrons. The number of aliphatic hydroxyl groups excluding tert-OH is 1. The normalized spacial score (nSPS) is 12.3. The maximum Gasteiger partial charge on any atom is 0.317 e. The fourth-order valence-electron chi connectivity index (χ4n) is 2.09. The van der Waals surface area contributed by atoms with Crippen LogP contribution in [0.3, 0.4) is 0 Å². The number of aliphatic hydroxyl groups is 1. The molecule has 1 rings (SSSR count). The van der Waals surface area contributed by atoms with E-state index in [4.69, 9.17) is 4.74 Å². The molecule has 0 spiro atoms. The molecule has 5 nitrogen and oxygen atoms in total. The summed E-state index contributed by atoms with van der Waals surface area (Å²) in [6.07, 6.45) is -0.539. The average molecular weight is 294 g/mol. The van der Waals surface area contributed by atoms with Crippen LogP contribution in [0.25, 0.3) is 0 Å². The number of hydrogen-bond acceptors (Lipinski definition) is 3. The van der Waals surface area contributed by atoms with Gasteiger partial charge in [0.25, 0.3) is 0 Å². The molecule has 0 aliphatic rings. The summed E-state index contributed by atoms with van der Waals surface area (Å²) in [7, 11) is 1.66. The number of nitrogens with zero attached hydrogens (tertiary/aromatic N) is 1. The third-order valence-corrected chi connectivity index (χ3v) is 3.09. The van der Waals surface area contributed by atoms with Crippen molar-refractivity contribution in [2.45, 2.75) is 46.1 Å². The van der Waals surface area contributed by atoms with E-state index in [0.29, 0.717) is 19.7 Å². The molecule has 2 N–H and O–H groups in total. The second kappa shape index (κ2) is 8.64. The third kappa shape index (κ3) is 6.14. The fraction of sp³-hybridized carbons (Fsp3) is 0.562.